The second kappa shape index (κ2) is 7.00. The van der Waals surface area contributed by atoms with Crippen LogP contribution in [-0.2, 0) is 9.63 Å². The van der Waals surface area contributed by atoms with E-state index in [1.165, 1.54) is 6.08 Å². The van der Waals surface area contributed by atoms with Gasteiger partial charge in [0.1, 0.15) is 5.69 Å². The Morgan fingerprint density at radius 3 is 2.67 bits per heavy atom. The average Bonchev–Trinajstić information content (AvgIpc) is 2.53. The number of aromatic nitrogens is 1. The number of amidine groups is 1. The molecule has 0 atom stereocenters. The predicted molar refractivity (Wildman–Crippen MR) is 81.3 cm³/mol. The molecular formula is C16H15N3O2. The molecule has 0 fully saturated rings. The molecule has 1 aromatic carbocycles. The van der Waals surface area contributed by atoms with E-state index in [9.17, 15) is 4.79 Å². The van der Waals surface area contributed by atoms with Gasteiger partial charge in [-0.1, -0.05) is 41.1 Å². The van der Waals surface area contributed by atoms with Crippen molar-refractivity contribution in [1.29, 1.82) is 0 Å². The van der Waals surface area contributed by atoms with Gasteiger partial charge in [-0.05, 0) is 30.7 Å². The summed E-state index contributed by atoms with van der Waals surface area (Å²) in [6, 6.07) is 12.9. The van der Waals surface area contributed by atoms with Gasteiger partial charge in [0.25, 0.3) is 0 Å². The van der Waals surface area contributed by atoms with Crippen molar-refractivity contribution in [2.45, 2.75) is 6.92 Å². The molecule has 1 aromatic heterocycles. The lowest BCUT2D eigenvalue weighted by molar-refractivity contribution is -0.137. The van der Waals surface area contributed by atoms with E-state index >= 15 is 0 Å². The minimum Gasteiger partial charge on any atom is -0.379 e. The van der Waals surface area contributed by atoms with Crippen LogP contribution in [0.1, 0.15) is 16.8 Å². The Morgan fingerprint density at radius 1 is 1.24 bits per heavy atom. The van der Waals surface area contributed by atoms with Crippen LogP contribution in [0.3, 0.4) is 0 Å². The monoisotopic (exact) mass is 281 g/mol. The Bertz CT molecular complexity index is 662. The lowest BCUT2D eigenvalue weighted by atomic mass is 10.1. The second-order valence-electron chi connectivity index (χ2n) is 4.35. The van der Waals surface area contributed by atoms with Crippen LogP contribution >= 0.6 is 0 Å². The van der Waals surface area contributed by atoms with E-state index in [0.717, 1.165) is 11.1 Å². The zero-order chi connectivity index (χ0) is 15.1. The van der Waals surface area contributed by atoms with E-state index in [-0.39, 0.29) is 5.84 Å². The van der Waals surface area contributed by atoms with Crippen LogP contribution < -0.4 is 5.73 Å². The summed E-state index contributed by atoms with van der Waals surface area (Å²) in [5.41, 5.74) is 8.16. The maximum Gasteiger partial charge on any atom is 0.358 e. The van der Waals surface area contributed by atoms with E-state index in [0.29, 0.717) is 5.69 Å². The maximum atomic E-state index is 11.5. The SMILES string of the molecule is Cc1ccc(/C=C/C(=O)O/N=C(/N)c2ccccn2)cc1. The van der Waals surface area contributed by atoms with Crippen molar-refractivity contribution < 1.29 is 9.63 Å². The fourth-order valence-electron chi connectivity index (χ4n) is 1.53. The Kier molecular flexibility index (Phi) is 4.82. The maximum absolute atomic E-state index is 11.5. The number of carbonyl (C=O) groups is 1. The summed E-state index contributed by atoms with van der Waals surface area (Å²) < 4.78 is 0. The normalized spacial score (nSPS) is 11.6. The number of pyridine rings is 1. The van der Waals surface area contributed by atoms with Crippen LogP contribution in [0.4, 0.5) is 0 Å². The number of nitrogens with two attached hydrogens (primary N) is 1. The highest BCUT2D eigenvalue weighted by atomic mass is 16.7. The number of hydrogen-bond acceptors (Lipinski definition) is 4. The highest BCUT2D eigenvalue weighted by molar-refractivity contribution is 5.96. The van der Waals surface area contributed by atoms with Crippen molar-refractivity contribution >= 4 is 17.9 Å². The van der Waals surface area contributed by atoms with Crippen molar-refractivity contribution in [3.8, 4) is 0 Å². The molecule has 21 heavy (non-hydrogen) atoms. The summed E-state index contributed by atoms with van der Waals surface area (Å²) in [7, 11) is 0. The van der Waals surface area contributed by atoms with E-state index < -0.39 is 5.97 Å². The molecule has 0 saturated heterocycles. The lowest BCUT2D eigenvalue weighted by Gasteiger charge is -1.98. The van der Waals surface area contributed by atoms with Gasteiger partial charge in [-0.15, -0.1) is 0 Å². The van der Waals surface area contributed by atoms with Crippen LogP contribution in [0.2, 0.25) is 0 Å². The molecule has 2 aromatic rings. The quantitative estimate of drug-likeness (QED) is 0.306. The van der Waals surface area contributed by atoms with E-state index in [4.69, 9.17) is 10.6 Å². The third-order valence-corrected chi connectivity index (χ3v) is 2.65. The Morgan fingerprint density at radius 2 is 2.00 bits per heavy atom. The highest BCUT2D eigenvalue weighted by Crippen LogP contribution is 2.05. The number of oxime groups is 1. The lowest BCUT2D eigenvalue weighted by Crippen LogP contribution is -2.16. The number of aryl methyl sites for hydroxylation is 1. The Hall–Kier alpha value is -2.95. The molecule has 0 spiro atoms. The first-order valence-corrected chi connectivity index (χ1v) is 6.36. The molecule has 106 valence electrons. The second-order valence-corrected chi connectivity index (χ2v) is 4.35. The van der Waals surface area contributed by atoms with Gasteiger partial charge in [0.05, 0.1) is 0 Å². The summed E-state index contributed by atoms with van der Waals surface area (Å²) in [4.78, 5) is 20.2. The van der Waals surface area contributed by atoms with Crippen LogP contribution in [-0.4, -0.2) is 16.8 Å². The molecular weight excluding hydrogens is 266 g/mol. The Balaban J connectivity index is 1.94. The molecule has 5 heteroatoms. The fraction of sp³-hybridized carbons (Fsp3) is 0.0625. The van der Waals surface area contributed by atoms with Crippen molar-refractivity contribution in [1.82, 2.24) is 4.98 Å². The predicted octanol–water partition coefficient (Wildman–Crippen LogP) is 2.27. The molecule has 0 radical (unpaired) electrons. The largest absolute Gasteiger partial charge is 0.379 e. The summed E-state index contributed by atoms with van der Waals surface area (Å²) in [5.74, 6) is -0.554. The van der Waals surface area contributed by atoms with Gasteiger partial charge >= 0.3 is 5.97 Å². The first-order chi connectivity index (χ1) is 10.1. The standard InChI is InChI=1S/C16H15N3O2/c1-12-5-7-13(8-6-12)9-10-15(20)21-19-16(17)14-4-2-3-11-18-14/h2-11H,1H3,(H2,17,19)/b10-9+. The summed E-state index contributed by atoms with van der Waals surface area (Å²) in [6.07, 6.45) is 4.52. The number of rotatable bonds is 4. The van der Waals surface area contributed by atoms with Crippen LogP contribution in [0.5, 0.6) is 0 Å². The molecule has 0 bridgehead atoms. The molecule has 0 amide bonds. The molecule has 2 N–H and O–H groups in total. The Labute approximate surface area is 122 Å². The van der Waals surface area contributed by atoms with Gasteiger partial charge in [0.2, 0.25) is 0 Å². The first-order valence-electron chi connectivity index (χ1n) is 6.36. The molecule has 0 aliphatic carbocycles. The highest BCUT2D eigenvalue weighted by Gasteiger charge is 2.01. The molecule has 2 rings (SSSR count). The van der Waals surface area contributed by atoms with E-state index in [1.54, 1.807) is 30.5 Å². The van der Waals surface area contributed by atoms with Gasteiger partial charge in [-0.2, -0.15) is 0 Å². The summed E-state index contributed by atoms with van der Waals surface area (Å²) in [5, 5.41) is 3.55. The zero-order valence-corrected chi connectivity index (χ0v) is 11.6. The van der Waals surface area contributed by atoms with Crippen molar-refractivity contribution in [3.05, 3.63) is 71.6 Å². The van der Waals surface area contributed by atoms with Crippen LogP contribution in [0, 0.1) is 6.92 Å². The fourth-order valence-corrected chi connectivity index (χ4v) is 1.53. The molecule has 0 saturated carbocycles. The third-order valence-electron chi connectivity index (χ3n) is 2.65. The number of nitrogens with zero attached hydrogens (tertiary/aromatic N) is 2. The van der Waals surface area contributed by atoms with Gasteiger partial charge < -0.3 is 10.6 Å². The molecule has 0 aliphatic heterocycles. The summed E-state index contributed by atoms with van der Waals surface area (Å²) >= 11 is 0. The van der Waals surface area contributed by atoms with Crippen molar-refractivity contribution in [2.75, 3.05) is 0 Å². The van der Waals surface area contributed by atoms with E-state index in [1.807, 2.05) is 31.2 Å². The topological polar surface area (TPSA) is 77.6 Å². The van der Waals surface area contributed by atoms with Gasteiger partial charge in [0.15, 0.2) is 5.84 Å². The first kappa shape index (κ1) is 14.5. The van der Waals surface area contributed by atoms with Gasteiger partial charge in [-0.3, -0.25) is 4.98 Å². The zero-order valence-electron chi connectivity index (χ0n) is 11.6. The van der Waals surface area contributed by atoms with Crippen LogP contribution in [0.25, 0.3) is 6.08 Å². The molecule has 0 unspecified atom stereocenters. The minimum atomic E-state index is -0.602. The van der Waals surface area contributed by atoms with E-state index in [2.05, 4.69) is 10.1 Å². The number of benzene rings is 1. The minimum absolute atomic E-state index is 0.0488. The average molecular weight is 281 g/mol. The summed E-state index contributed by atoms with van der Waals surface area (Å²) in [6.45, 7) is 2.00. The number of carbonyl (C=O) groups excluding carboxylic acids is 1. The van der Waals surface area contributed by atoms with Crippen molar-refractivity contribution in [3.63, 3.8) is 0 Å². The third kappa shape index (κ3) is 4.58. The smallest absolute Gasteiger partial charge is 0.358 e. The number of hydrogen-bond donors (Lipinski definition) is 1. The van der Waals surface area contributed by atoms with Crippen LogP contribution in [0.15, 0.2) is 59.9 Å². The molecule has 5 nitrogen and oxygen atoms in total. The molecule has 0 aliphatic rings. The van der Waals surface area contributed by atoms with Gasteiger partial charge in [-0.25, -0.2) is 4.79 Å². The van der Waals surface area contributed by atoms with Crippen molar-refractivity contribution in [2.24, 2.45) is 10.9 Å². The molecule has 1 heterocycles. The van der Waals surface area contributed by atoms with Gasteiger partial charge in [0, 0.05) is 12.3 Å².